The van der Waals surface area contributed by atoms with Crippen molar-refractivity contribution in [3.05, 3.63) is 29.3 Å². The largest absolute Gasteiger partial charge is 0.377 e. The minimum Gasteiger partial charge on any atom is -0.377 e. The van der Waals surface area contributed by atoms with Crippen molar-refractivity contribution in [3.63, 3.8) is 0 Å². The van der Waals surface area contributed by atoms with Crippen molar-refractivity contribution in [2.45, 2.75) is 13.0 Å². The second-order valence-electron chi connectivity index (χ2n) is 5.92. The molecule has 9 nitrogen and oxygen atoms in total. The first kappa shape index (κ1) is 16.6. The van der Waals surface area contributed by atoms with Gasteiger partial charge in [0.25, 0.3) is 0 Å². The van der Waals surface area contributed by atoms with Gasteiger partial charge in [-0.05, 0) is 12.1 Å². The molecule has 2 aromatic heterocycles. The second kappa shape index (κ2) is 6.81. The number of nitrogens with one attached hydrogen (secondary N) is 2. The Balaban J connectivity index is 1.47. The molecule has 1 aromatic carbocycles. The summed E-state index contributed by atoms with van der Waals surface area (Å²) in [5, 5.41) is 19.7. The Morgan fingerprint density at radius 1 is 1.42 bits per heavy atom. The molecule has 2 N–H and O–H groups in total. The number of methoxy groups -OCH3 is 1. The second-order valence-corrected chi connectivity index (χ2v) is 6.98. The van der Waals surface area contributed by atoms with E-state index in [4.69, 9.17) is 4.74 Å². The molecule has 26 heavy (non-hydrogen) atoms. The number of amides is 2. The lowest BCUT2D eigenvalue weighted by atomic mass is 10.1. The van der Waals surface area contributed by atoms with Gasteiger partial charge in [-0.15, -0.1) is 10.2 Å². The summed E-state index contributed by atoms with van der Waals surface area (Å²) in [6.07, 6.45) is 0.136. The van der Waals surface area contributed by atoms with Gasteiger partial charge in [-0.2, -0.15) is 5.10 Å². The fourth-order valence-corrected chi connectivity index (χ4v) is 3.65. The molecule has 0 bridgehead atoms. The molecule has 3 aromatic rings. The summed E-state index contributed by atoms with van der Waals surface area (Å²) in [7, 11) is 1.57. The minimum atomic E-state index is -0.465. The molecule has 10 heteroatoms. The summed E-state index contributed by atoms with van der Waals surface area (Å²) in [4.78, 5) is 26.5. The quantitative estimate of drug-likeness (QED) is 0.703. The fraction of sp³-hybridized carbons (Fsp3) is 0.312. The van der Waals surface area contributed by atoms with Gasteiger partial charge in [0.2, 0.25) is 16.9 Å². The molecule has 0 unspecified atom stereocenters. The third-order valence-corrected chi connectivity index (χ3v) is 4.98. The molecule has 1 atom stereocenters. The normalized spacial score (nSPS) is 17.2. The number of aromatic amines is 1. The maximum absolute atomic E-state index is 12.5. The van der Waals surface area contributed by atoms with Crippen LogP contribution in [-0.4, -0.2) is 45.9 Å². The Kier molecular flexibility index (Phi) is 4.35. The lowest BCUT2D eigenvalue weighted by Crippen LogP contribution is -2.28. The molecule has 1 aliphatic heterocycles. The summed E-state index contributed by atoms with van der Waals surface area (Å²) in [6.45, 7) is 0.624. The Morgan fingerprint density at radius 3 is 3.12 bits per heavy atom. The molecular formula is C16H16N6O3S. The average molecular weight is 372 g/mol. The Morgan fingerprint density at radius 2 is 2.27 bits per heavy atom. The van der Waals surface area contributed by atoms with Gasteiger partial charge in [-0.25, -0.2) is 0 Å². The van der Waals surface area contributed by atoms with Crippen LogP contribution >= 0.6 is 11.3 Å². The number of anilines is 2. The number of hydrogen-bond donors (Lipinski definition) is 2. The van der Waals surface area contributed by atoms with Gasteiger partial charge in [0, 0.05) is 25.5 Å². The highest BCUT2D eigenvalue weighted by Gasteiger charge is 2.37. The maximum Gasteiger partial charge on any atom is 0.231 e. The van der Waals surface area contributed by atoms with Crippen LogP contribution in [0.5, 0.6) is 0 Å². The van der Waals surface area contributed by atoms with Crippen LogP contribution in [0.1, 0.15) is 11.4 Å². The number of aromatic nitrogens is 4. The number of benzene rings is 1. The monoisotopic (exact) mass is 372 g/mol. The van der Waals surface area contributed by atoms with Crippen LogP contribution < -0.4 is 10.2 Å². The van der Waals surface area contributed by atoms with E-state index in [0.717, 1.165) is 10.9 Å². The van der Waals surface area contributed by atoms with Gasteiger partial charge in [-0.3, -0.25) is 19.6 Å². The van der Waals surface area contributed by atoms with E-state index in [9.17, 15) is 9.59 Å². The molecule has 0 radical (unpaired) electrons. The first-order chi connectivity index (χ1) is 12.7. The molecule has 0 spiro atoms. The van der Waals surface area contributed by atoms with Crippen LogP contribution in [0.25, 0.3) is 10.9 Å². The van der Waals surface area contributed by atoms with E-state index in [1.54, 1.807) is 12.0 Å². The highest BCUT2D eigenvalue weighted by atomic mass is 32.1. The van der Waals surface area contributed by atoms with Crippen LogP contribution in [0.2, 0.25) is 0 Å². The molecule has 0 saturated carbocycles. The highest BCUT2D eigenvalue weighted by Crippen LogP contribution is 2.30. The fourth-order valence-electron chi connectivity index (χ4n) is 2.94. The molecule has 1 fully saturated rings. The van der Waals surface area contributed by atoms with Crippen molar-refractivity contribution < 1.29 is 14.3 Å². The van der Waals surface area contributed by atoms with E-state index < -0.39 is 5.92 Å². The van der Waals surface area contributed by atoms with Crippen LogP contribution in [0.4, 0.5) is 10.9 Å². The first-order valence-electron chi connectivity index (χ1n) is 8.01. The summed E-state index contributed by atoms with van der Waals surface area (Å²) < 4.78 is 4.98. The standard InChI is InChI=1S/C16H16N6O3S/c1-25-8-12-19-21-16(26-12)17-15(24)9-6-13(23)22(7-9)14-10-4-2-3-5-11(10)18-20-14/h2-5,9H,6-8H2,1H3,(H,18,20)(H,17,21,24)/t9-/m1/s1. The van der Waals surface area contributed by atoms with E-state index in [2.05, 4.69) is 25.7 Å². The van der Waals surface area contributed by atoms with Crippen molar-refractivity contribution in [3.8, 4) is 0 Å². The van der Waals surface area contributed by atoms with Crippen LogP contribution in [-0.2, 0) is 20.9 Å². The maximum atomic E-state index is 12.5. The molecule has 1 aliphatic rings. The van der Waals surface area contributed by atoms with Gasteiger partial charge >= 0.3 is 0 Å². The Labute approximate surface area is 152 Å². The molecule has 1 saturated heterocycles. The Hall–Kier alpha value is -2.85. The number of H-pyrrole nitrogens is 1. The van der Waals surface area contributed by atoms with Crippen molar-refractivity contribution in [2.75, 3.05) is 23.9 Å². The van der Waals surface area contributed by atoms with Crippen molar-refractivity contribution in [1.29, 1.82) is 0 Å². The number of para-hydroxylation sites is 1. The third-order valence-electron chi connectivity index (χ3n) is 4.17. The van der Waals surface area contributed by atoms with Gasteiger partial charge in [0.05, 0.1) is 11.4 Å². The number of hydrogen-bond acceptors (Lipinski definition) is 7. The zero-order valence-electron chi connectivity index (χ0n) is 13.9. The predicted molar refractivity (Wildman–Crippen MR) is 95.8 cm³/mol. The van der Waals surface area contributed by atoms with Crippen molar-refractivity contribution >= 4 is 45.0 Å². The molecule has 134 valence electrons. The number of carbonyl (C=O) groups excluding carboxylic acids is 2. The van der Waals surface area contributed by atoms with Gasteiger partial charge in [0.15, 0.2) is 5.82 Å². The SMILES string of the molecule is COCc1nnc(NC(=O)[C@@H]2CC(=O)N(c3n[nH]c4ccccc34)C2)s1. The van der Waals surface area contributed by atoms with E-state index in [1.807, 2.05) is 24.3 Å². The number of carbonyl (C=O) groups is 2. The zero-order chi connectivity index (χ0) is 18.1. The minimum absolute atomic E-state index is 0.125. The number of ether oxygens (including phenoxy) is 1. The van der Waals surface area contributed by atoms with Crippen molar-refractivity contribution in [1.82, 2.24) is 20.4 Å². The van der Waals surface area contributed by atoms with Gasteiger partial charge in [0.1, 0.15) is 11.6 Å². The Bertz CT molecular complexity index is 968. The molecule has 0 aliphatic carbocycles. The number of fused-ring (bicyclic) bond motifs is 1. The van der Waals surface area contributed by atoms with Crippen LogP contribution in [0.3, 0.4) is 0 Å². The molecule has 3 heterocycles. The van der Waals surface area contributed by atoms with E-state index >= 15 is 0 Å². The smallest absolute Gasteiger partial charge is 0.231 e. The van der Waals surface area contributed by atoms with E-state index in [1.165, 1.54) is 11.3 Å². The lowest BCUT2D eigenvalue weighted by molar-refractivity contribution is -0.122. The highest BCUT2D eigenvalue weighted by molar-refractivity contribution is 7.15. The molecular weight excluding hydrogens is 356 g/mol. The number of rotatable bonds is 5. The predicted octanol–water partition coefficient (Wildman–Crippen LogP) is 1.55. The van der Waals surface area contributed by atoms with Crippen LogP contribution in [0.15, 0.2) is 24.3 Å². The summed E-state index contributed by atoms with van der Waals surface area (Å²) in [5.41, 5.74) is 0.850. The van der Waals surface area contributed by atoms with Crippen molar-refractivity contribution in [2.24, 2.45) is 5.92 Å². The van der Waals surface area contributed by atoms with E-state index in [-0.39, 0.29) is 24.8 Å². The first-order valence-corrected chi connectivity index (χ1v) is 8.83. The number of nitrogens with zero attached hydrogens (tertiary/aromatic N) is 4. The lowest BCUT2D eigenvalue weighted by Gasteiger charge is -2.13. The average Bonchev–Trinajstić information content (AvgIpc) is 3.34. The topological polar surface area (TPSA) is 113 Å². The third kappa shape index (κ3) is 3.04. The molecule has 4 rings (SSSR count). The van der Waals surface area contributed by atoms with Crippen LogP contribution in [0, 0.1) is 5.92 Å². The summed E-state index contributed by atoms with van der Waals surface area (Å²) >= 11 is 1.25. The van der Waals surface area contributed by atoms with Gasteiger partial charge < -0.3 is 10.1 Å². The van der Waals surface area contributed by atoms with E-state index in [0.29, 0.717) is 22.6 Å². The van der Waals surface area contributed by atoms with Gasteiger partial charge in [-0.1, -0.05) is 23.5 Å². The summed E-state index contributed by atoms with van der Waals surface area (Å²) in [6, 6.07) is 7.57. The summed E-state index contributed by atoms with van der Waals surface area (Å²) in [5.74, 6) is -0.285. The molecule has 2 amide bonds. The zero-order valence-corrected chi connectivity index (χ0v) is 14.7.